The molecule has 0 spiro atoms. The third-order valence-electron chi connectivity index (χ3n) is 3.65. The Morgan fingerprint density at radius 1 is 0.950 bits per heavy atom. The number of carbonyl (C=O) groups is 1. The van der Waals surface area contributed by atoms with Gasteiger partial charge in [0.1, 0.15) is 5.78 Å². The van der Waals surface area contributed by atoms with E-state index in [1.54, 1.807) is 0 Å². The summed E-state index contributed by atoms with van der Waals surface area (Å²) in [6.07, 6.45) is 11.6. The molecule has 1 aromatic carbocycles. The van der Waals surface area contributed by atoms with Crippen molar-refractivity contribution in [3.63, 3.8) is 0 Å². The van der Waals surface area contributed by atoms with Crippen LogP contribution in [0.25, 0.3) is 0 Å². The lowest BCUT2D eigenvalue weighted by Crippen LogP contribution is -2.03. The Morgan fingerprint density at radius 2 is 1.55 bits per heavy atom. The topological polar surface area (TPSA) is 17.1 Å². The molecule has 0 radical (unpaired) electrons. The molecule has 112 valence electrons. The molecule has 0 atom stereocenters. The zero-order valence-electron chi connectivity index (χ0n) is 12.7. The molecule has 1 aromatic rings. The van der Waals surface area contributed by atoms with Crippen LogP contribution in [-0.2, 0) is 11.2 Å². The number of hydrogen-bond donors (Lipinski definition) is 0. The number of rotatable bonds is 11. The number of halogens is 1. The lowest BCUT2D eigenvalue weighted by Gasteiger charge is -2.04. The molecule has 0 amide bonds. The van der Waals surface area contributed by atoms with Crippen LogP contribution in [0.15, 0.2) is 28.7 Å². The zero-order chi connectivity index (χ0) is 14.6. The number of carbonyl (C=O) groups excluding carboxylic acids is 1. The van der Waals surface area contributed by atoms with E-state index in [0.29, 0.717) is 12.2 Å². The van der Waals surface area contributed by atoms with Gasteiger partial charge in [-0.25, -0.2) is 0 Å². The molecule has 1 nitrogen and oxygen atoms in total. The van der Waals surface area contributed by atoms with Crippen molar-refractivity contribution in [1.82, 2.24) is 0 Å². The quantitative estimate of drug-likeness (QED) is 0.446. The van der Waals surface area contributed by atoms with Gasteiger partial charge in [-0.15, -0.1) is 0 Å². The second-order valence-corrected chi connectivity index (χ2v) is 6.39. The fourth-order valence-corrected chi connectivity index (χ4v) is 2.82. The van der Waals surface area contributed by atoms with Gasteiger partial charge in [-0.2, -0.15) is 0 Å². The van der Waals surface area contributed by atoms with Gasteiger partial charge in [0.2, 0.25) is 0 Å². The highest BCUT2D eigenvalue weighted by Crippen LogP contribution is 2.17. The maximum Gasteiger partial charge on any atom is 0.137 e. The van der Waals surface area contributed by atoms with E-state index >= 15 is 0 Å². The fraction of sp³-hybridized carbons (Fsp3) is 0.611. The summed E-state index contributed by atoms with van der Waals surface area (Å²) >= 11 is 3.50. The van der Waals surface area contributed by atoms with Gasteiger partial charge in [0, 0.05) is 17.3 Å². The number of hydrogen-bond acceptors (Lipinski definition) is 1. The molecule has 0 aromatic heterocycles. The Balaban J connectivity index is 2.05. The van der Waals surface area contributed by atoms with Gasteiger partial charge < -0.3 is 0 Å². The minimum absolute atomic E-state index is 0.364. The first-order valence-electron chi connectivity index (χ1n) is 7.99. The van der Waals surface area contributed by atoms with E-state index in [0.717, 1.165) is 22.9 Å². The van der Waals surface area contributed by atoms with Crippen molar-refractivity contribution in [2.75, 3.05) is 0 Å². The van der Waals surface area contributed by atoms with Crippen molar-refractivity contribution < 1.29 is 4.79 Å². The van der Waals surface area contributed by atoms with E-state index in [1.165, 1.54) is 44.9 Å². The molecule has 0 bridgehead atoms. The van der Waals surface area contributed by atoms with Gasteiger partial charge >= 0.3 is 0 Å². The minimum Gasteiger partial charge on any atom is -0.299 e. The first-order valence-corrected chi connectivity index (χ1v) is 8.78. The van der Waals surface area contributed by atoms with Gasteiger partial charge in [-0.1, -0.05) is 86.0 Å². The average Bonchev–Trinajstić information content (AvgIpc) is 2.44. The summed E-state index contributed by atoms with van der Waals surface area (Å²) in [5.74, 6) is 0.364. The number of benzene rings is 1. The summed E-state index contributed by atoms with van der Waals surface area (Å²) in [5, 5.41) is 0. The van der Waals surface area contributed by atoms with Crippen molar-refractivity contribution in [3.8, 4) is 0 Å². The zero-order valence-corrected chi connectivity index (χ0v) is 14.3. The second-order valence-electron chi connectivity index (χ2n) is 5.53. The van der Waals surface area contributed by atoms with Gasteiger partial charge in [-0.3, -0.25) is 4.79 Å². The van der Waals surface area contributed by atoms with E-state index in [4.69, 9.17) is 0 Å². The molecule has 0 heterocycles. The molecule has 1 rings (SSSR count). The summed E-state index contributed by atoms with van der Waals surface area (Å²) in [4.78, 5) is 11.9. The van der Waals surface area contributed by atoms with Crippen LogP contribution in [-0.4, -0.2) is 5.78 Å². The summed E-state index contributed by atoms with van der Waals surface area (Å²) in [5.41, 5.74) is 1.11. The van der Waals surface area contributed by atoms with E-state index in [-0.39, 0.29) is 0 Å². The van der Waals surface area contributed by atoms with E-state index in [2.05, 4.69) is 22.9 Å². The van der Waals surface area contributed by atoms with Crippen LogP contribution >= 0.6 is 15.9 Å². The van der Waals surface area contributed by atoms with E-state index in [9.17, 15) is 4.79 Å². The lowest BCUT2D eigenvalue weighted by atomic mass is 10.0. The number of unbranched alkanes of at least 4 members (excludes halogenated alkanes) is 7. The highest BCUT2D eigenvalue weighted by atomic mass is 79.9. The molecule has 0 unspecified atom stereocenters. The highest BCUT2D eigenvalue weighted by molar-refractivity contribution is 9.10. The van der Waals surface area contributed by atoms with Gasteiger partial charge in [0.15, 0.2) is 0 Å². The molecule has 20 heavy (non-hydrogen) atoms. The highest BCUT2D eigenvalue weighted by Gasteiger charge is 2.06. The van der Waals surface area contributed by atoms with Gasteiger partial charge in [0.25, 0.3) is 0 Å². The van der Waals surface area contributed by atoms with Crippen LogP contribution in [0.5, 0.6) is 0 Å². The Labute approximate surface area is 132 Å². The minimum atomic E-state index is 0.364. The largest absolute Gasteiger partial charge is 0.299 e. The maximum absolute atomic E-state index is 11.9. The van der Waals surface area contributed by atoms with Crippen molar-refractivity contribution in [1.29, 1.82) is 0 Å². The van der Waals surface area contributed by atoms with E-state index in [1.807, 2.05) is 24.3 Å². The van der Waals surface area contributed by atoms with Crippen molar-refractivity contribution in [2.45, 2.75) is 71.1 Å². The lowest BCUT2D eigenvalue weighted by molar-refractivity contribution is -0.118. The van der Waals surface area contributed by atoms with Crippen LogP contribution in [0, 0.1) is 0 Å². The normalized spacial score (nSPS) is 10.7. The SMILES string of the molecule is CCCCCCCCCCC(=O)Cc1ccccc1Br. The average molecular weight is 339 g/mol. The predicted molar refractivity (Wildman–Crippen MR) is 90.1 cm³/mol. The van der Waals surface area contributed by atoms with E-state index < -0.39 is 0 Å². The molecule has 0 saturated heterocycles. The molecule has 0 fully saturated rings. The van der Waals surface area contributed by atoms with Crippen LogP contribution < -0.4 is 0 Å². The molecule has 2 heteroatoms. The standard InChI is InChI=1S/C18H27BrO/c1-2-3-4-5-6-7-8-9-13-17(20)15-16-12-10-11-14-18(16)19/h10-12,14H,2-9,13,15H2,1H3. The summed E-state index contributed by atoms with van der Waals surface area (Å²) in [6, 6.07) is 7.99. The molecule has 0 aliphatic carbocycles. The third kappa shape index (κ3) is 7.84. The summed E-state index contributed by atoms with van der Waals surface area (Å²) in [6.45, 7) is 2.25. The van der Waals surface area contributed by atoms with Crippen molar-refractivity contribution >= 4 is 21.7 Å². The summed E-state index contributed by atoms with van der Waals surface area (Å²) in [7, 11) is 0. The van der Waals surface area contributed by atoms with Gasteiger partial charge in [0.05, 0.1) is 0 Å². The fourth-order valence-electron chi connectivity index (χ4n) is 2.40. The van der Waals surface area contributed by atoms with Crippen LogP contribution in [0.3, 0.4) is 0 Å². The molecule has 0 aliphatic rings. The number of ketones is 1. The summed E-state index contributed by atoms with van der Waals surface area (Å²) < 4.78 is 1.05. The van der Waals surface area contributed by atoms with Crippen LogP contribution in [0.2, 0.25) is 0 Å². The first-order chi connectivity index (χ1) is 9.74. The van der Waals surface area contributed by atoms with Crippen LogP contribution in [0.4, 0.5) is 0 Å². The predicted octanol–water partition coefficient (Wildman–Crippen LogP) is 6.09. The molecule has 0 N–H and O–H groups in total. The van der Waals surface area contributed by atoms with Crippen LogP contribution in [0.1, 0.15) is 70.3 Å². The molecular formula is C18H27BrO. The Hall–Kier alpha value is -0.630. The Bertz CT molecular complexity index is 387. The smallest absolute Gasteiger partial charge is 0.137 e. The monoisotopic (exact) mass is 338 g/mol. The Morgan fingerprint density at radius 3 is 2.20 bits per heavy atom. The molecule has 0 saturated carbocycles. The Kier molecular flexibility index (Phi) is 9.65. The van der Waals surface area contributed by atoms with Crippen molar-refractivity contribution in [2.24, 2.45) is 0 Å². The second kappa shape index (κ2) is 11.1. The molecular weight excluding hydrogens is 312 g/mol. The van der Waals surface area contributed by atoms with Gasteiger partial charge in [-0.05, 0) is 18.1 Å². The molecule has 0 aliphatic heterocycles. The first kappa shape index (κ1) is 17.4. The number of Topliss-reactive ketones (excluding diaryl/α,β-unsaturated/α-hetero) is 1. The maximum atomic E-state index is 11.9. The third-order valence-corrected chi connectivity index (χ3v) is 4.43. The van der Waals surface area contributed by atoms with Crippen molar-refractivity contribution in [3.05, 3.63) is 34.3 Å².